The minimum Gasteiger partial charge on any atom is -0.367 e. The van der Waals surface area contributed by atoms with Gasteiger partial charge in [0.2, 0.25) is 11.9 Å². The van der Waals surface area contributed by atoms with Crippen LogP contribution in [0.4, 0.5) is 17.5 Å². The summed E-state index contributed by atoms with van der Waals surface area (Å²) in [6, 6.07) is 5.64. The van der Waals surface area contributed by atoms with Crippen LogP contribution < -0.4 is 15.1 Å². The number of thiazole rings is 1. The number of nitrogens with one attached hydrogen (secondary N) is 2. The summed E-state index contributed by atoms with van der Waals surface area (Å²) in [5.41, 5.74) is 2.49. The highest BCUT2D eigenvalue weighted by Gasteiger charge is 2.19. The number of aryl methyl sites for hydroxylation is 1. The van der Waals surface area contributed by atoms with Crippen LogP contribution in [0.5, 0.6) is 0 Å². The van der Waals surface area contributed by atoms with Crippen molar-refractivity contribution in [3.63, 3.8) is 0 Å². The van der Waals surface area contributed by atoms with Gasteiger partial charge in [0.15, 0.2) is 0 Å². The number of piperazine rings is 1. The van der Waals surface area contributed by atoms with Crippen molar-refractivity contribution in [1.29, 1.82) is 0 Å². The quantitative estimate of drug-likeness (QED) is 0.676. The maximum atomic E-state index is 11.5. The zero-order valence-corrected chi connectivity index (χ0v) is 17.0. The number of pyridine rings is 1. The van der Waals surface area contributed by atoms with Crippen LogP contribution in [-0.4, -0.2) is 56.9 Å². The van der Waals surface area contributed by atoms with Gasteiger partial charge in [-0.25, -0.2) is 15.0 Å². The third kappa shape index (κ3) is 4.27. The normalized spacial score (nSPS) is 14.1. The number of nitrogens with zero attached hydrogens (tertiary/aromatic N) is 5. The standard InChI is InChI=1S/C19H21N7O2S/c1-12-17(29-19(28)22-12)15-5-6-20-18(23-15)24-16-4-3-14(11-21-16)26-9-7-25(8-10-26)13(2)27/h3-6,11H,7-10H2,1-2H3,(H,22,28)(H,20,21,23,24). The zero-order valence-electron chi connectivity index (χ0n) is 16.2. The fourth-order valence-corrected chi connectivity index (χ4v) is 4.05. The third-order valence-electron chi connectivity index (χ3n) is 4.79. The Kier molecular flexibility index (Phi) is 5.26. The average Bonchev–Trinajstić information content (AvgIpc) is 3.07. The second-order valence-corrected chi connectivity index (χ2v) is 7.74. The summed E-state index contributed by atoms with van der Waals surface area (Å²) in [6.45, 7) is 6.47. The molecule has 0 unspecified atom stereocenters. The Labute approximate surface area is 171 Å². The van der Waals surface area contributed by atoms with Crippen LogP contribution in [0.3, 0.4) is 0 Å². The Morgan fingerprint density at radius 1 is 1.17 bits per heavy atom. The van der Waals surface area contributed by atoms with Gasteiger partial charge >= 0.3 is 4.87 Å². The first-order valence-electron chi connectivity index (χ1n) is 9.26. The lowest BCUT2D eigenvalue weighted by Gasteiger charge is -2.35. The lowest BCUT2D eigenvalue weighted by atomic mass is 10.2. The number of carbonyl (C=O) groups excluding carboxylic acids is 1. The molecule has 9 nitrogen and oxygen atoms in total. The Morgan fingerprint density at radius 3 is 2.59 bits per heavy atom. The predicted octanol–water partition coefficient (Wildman–Crippen LogP) is 2.01. The largest absolute Gasteiger partial charge is 0.367 e. The summed E-state index contributed by atoms with van der Waals surface area (Å²) in [6.07, 6.45) is 3.45. The van der Waals surface area contributed by atoms with E-state index in [0.717, 1.165) is 53.8 Å². The Bertz CT molecular complexity index is 1070. The third-order valence-corrected chi connectivity index (χ3v) is 5.80. The molecule has 150 valence electrons. The number of rotatable bonds is 4. The van der Waals surface area contributed by atoms with Gasteiger partial charge in [-0.15, -0.1) is 0 Å². The van der Waals surface area contributed by atoms with E-state index in [1.807, 2.05) is 24.0 Å². The second kappa shape index (κ2) is 8.00. The minimum atomic E-state index is -0.105. The first-order valence-corrected chi connectivity index (χ1v) is 10.1. The highest BCUT2D eigenvalue weighted by Crippen LogP contribution is 2.24. The van der Waals surface area contributed by atoms with Crippen LogP contribution in [0, 0.1) is 6.92 Å². The van der Waals surface area contributed by atoms with E-state index in [0.29, 0.717) is 17.5 Å². The number of hydrogen-bond donors (Lipinski definition) is 2. The van der Waals surface area contributed by atoms with Crippen LogP contribution in [0.15, 0.2) is 35.4 Å². The zero-order chi connectivity index (χ0) is 20.4. The average molecular weight is 411 g/mol. The summed E-state index contributed by atoms with van der Waals surface area (Å²) in [4.78, 5) is 43.7. The maximum Gasteiger partial charge on any atom is 0.305 e. The van der Waals surface area contributed by atoms with E-state index in [4.69, 9.17) is 0 Å². The number of aromatic nitrogens is 4. The summed E-state index contributed by atoms with van der Waals surface area (Å²) < 4.78 is 0. The van der Waals surface area contributed by atoms with Crippen molar-refractivity contribution in [3.05, 3.63) is 46.0 Å². The van der Waals surface area contributed by atoms with Crippen molar-refractivity contribution in [3.8, 4) is 10.6 Å². The molecule has 0 radical (unpaired) electrons. The molecule has 3 aromatic rings. The molecular weight excluding hydrogens is 390 g/mol. The van der Waals surface area contributed by atoms with Crippen molar-refractivity contribution in [2.75, 3.05) is 36.4 Å². The van der Waals surface area contributed by atoms with Gasteiger partial charge in [-0.3, -0.25) is 9.59 Å². The number of H-pyrrole nitrogens is 1. The van der Waals surface area contributed by atoms with Gasteiger partial charge in [0.25, 0.3) is 0 Å². The van der Waals surface area contributed by atoms with E-state index in [9.17, 15) is 9.59 Å². The molecule has 0 saturated carbocycles. The van der Waals surface area contributed by atoms with Crippen molar-refractivity contribution in [2.45, 2.75) is 13.8 Å². The van der Waals surface area contributed by atoms with E-state index < -0.39 is 0 Å². The molecule has 0 atom stereocenters. The molecule has 29 heavy (non-hydrogen) atoms. The van der Waals surface area contributed by atoms with E-state index in [2.05, 4.69) is 30.2 Å². The highest BCUT2D eigenvalue weighted by molar-refractivity contribution is 7.13. The molecule has 1 saturated heterocycles. The van der Waals surface area contributed by atoms with Crippen LogP contribution in [0.2, 0.25) is 0 Å². The smallest absolute Gasteiger partial charge is 0.305 e. The molecule has 1 aliphatic heterocycles. The van der Waals surface area contributed by atoms with Gasteiger partial charge in [0.05, 0.1) is 22.5 Å². The molecule has 4 rings (SSSR count). The molecule has 4 heterocycles. The molecule has 1 amide bonds. The van der Waals surface area contributed by atoms with Gasteiger partial charge in [-0.2, -0.15) is 0 Å². The number of hydrogen-bond acceptors (Lipinski definition) is 8. The number of amides is 1. The molecule has 0 aliphatic carbocycles. The Balaban J connectivity index is 1.44. The first kappa shape index (κ1) is 19.1. The van der Waals surface area contributed by atoms with Crippen molar-refractivity contribution < 1.29 is 4.79 Å². The fourth-order valence-electron chi connectivity index (χ4n) is 3.24. The second-order valence-electron chi connectivity index (χ2n) is 6.75. The van der Waals surface area contributed by atoms with Gasteiger partial charge in [0.1, 0.15) is 5.82 Å². The number of anilines is 3. The van der Waals surface area contributed by atoms with Gasteiger partial charge < -0.3 is 20.1 Å². The van der Waals surface area contributed by atoms with Crippen molar-refractivity contribution in [2.24, 2.45) is 0 Å². The van der Waals surface area contributed by atoms with Crippen LogP contribution in [0.1, 0.15) is 12.6 Å². The first-order chi connectivity index (χ1) is 14.0. The molecule has 0 spiro atoms. The van der Waals surface area contributed by atoms with Gasteiger partial charge in [-0.1, -0.05) is 11.3 Å². The van der Waals surface area contributed by atoms with Crippen molar-refractivity contribution in [1.82, 2.24) is 24.8 Å². The SMILES string of the molecule is CC(=O)N1CCN(c2ccc(Nc3nccc(-c4sc(=O)[nH]c4C)n3)nc2)CC1. The molecule has 0 bridgehead atoms. The minimum absolute atomic E-state index is 0.105. The predicted molar refractivity (Wildman–Crippen MR) is 113 cm³/mol. The summed E-state index contributed by atoms with van der Waals surface area (Å²) in [7, 11) is 0. The number of carbonyl (C=O) groups is 1. The lowest BCUT2D eigenvalue weighted by molar-refractivity contribution is -0.129. The molecule has 3 aromatic heterocycles. The molecule has 1 fully saturated rings. The van der Waals surface area contributed by atoms with Gasteiger partial charge in [-0.05, 0) is 25.1 Å². The Hall–Kier alpha value is -3.27. The molecule has 10 heteroatoms. The lowest BCUT2D eigenvalue weighted by Crippen LogP contribution is -2.48. The summed E-state index contributed by atoms with van der Waals surface area (Å²) in [5.74, 6) is 1.16. The van der Waals surface area contributed by atoms with E-state index in [1.165, 1.54) is 0 Å². The number of aromatic amines is 1. The maximum absolute atomic E-state index is 11.5. The van der Waals surface area contributed by atoms with Crippen molar-refractivity contribution >= 4 is 34.7 Å². The summed E-state index contributed by atoms with van der Waals surface area (Å²) >= 11 is 1.13. The molecule has 0 aromatic carbocycles. The molecular formula is C19H21N7O2S. The summed E-state index contributed by atoms with van der Waals surface area (Å²) in [5, 5.41) is 3.10. The molecule has 2 N–H and O–H groups in total. The van der Waals surface area contributed by atoms with E-state index in [-0.39, 0.29) is 10.8 Å². The van der Waals surface area contributed by atoms with E-state index in [1.54, 1.807) is 25.4 Å². The van der Waals surface area contributed by atoms with E-state index >= 15 is 0 Å². The Morgan fingerprint density at radius 2 is 1.97 bits per heavy atom. The van der Waals surface area contributed by atoms with Crippen LogP contribution in [-0.2, 0) is 4.79 Å². The highest BCUT2D eigenvalue weighted by atomic mass is 32.1. The van der Waals surface area contributed by atoms with Gasteiger partial charge in [0, 0.05) is 45.0 Å². The molecule has 1 aliphatic rings. The van der Waals surface area contributed by atoms with Crippen LogP contribution >= 0.6 is 11.3 Å². The topological polar surface area (TPSA) is 107 Å². The van der Waals surface area contributed by atoms with Crippen LogP contribution in [0.25, 0.3) is 10.6 Å². The monoisotopic (exact) mass is 411 g/mol. The fraction of sp³-hybridized carbons (Fsp3) is 0.316.